The molecular formula is C17H22O2P2S2. The Labute approximate surface area is 148 Å². The Morgan fingerprint density at radius 3 is 1.65 bits per heavy atom. The molecule has 0 aromatic heterocycles. The van der Waals surface area contributed by atoms with Gasteiger partial charge in [-0.15, -0.1) is 0 Å². The molecule has 0 spiro atoms. The maximum atomic E-state index is 12.2. The van der Waals surface area contributed by atoms with E-state index in [2.05, 4.69) is 51.0 Å². The standard InChI is InChI=1S/C17H22O2P2S2/c1-12-8-20(22,9-13(12)2)17(7-5-6-16(18)19-17)21(23)10-14(3)15(4)11-21/h8-11H,5-7H2,1-4H3. The first-order valence-corrected chi connectivity index (χ1v) is 13.7. The molecule has 0 N–H and O–H groups in total. The van der Waals surface area contributed by atoms with Crippen LogP contribution in [0.4, 0.5) is 0 Å². The molecule has 0 aromatic rings. The normalized spacial score (nSPS) is 27.7. The Balaban J connectivity index is 2.25. The fraction of sp³-hybridized carbons (Fsp3) is 0.471. The van der Waals surface area contributed by atoms with E-state index in [0.717, 1.165) is 12.8 Å². The van der Waals surface area contributed by atoms with Crippen molar-refractivity contribution >= 4 is 41.7 Å². The van der Waals surface area contributed by atoms with Crippen LogP contribution in [0.5, 0.6) is 0 Å². The molecule has 1 fully saturated rings. The molecule has 0 bridgehead atoms. The molecule has 0 saturated carbocycles. The maximum Gasteiger partial charge on any atom is 0.307 e. The maximum absolute atomic E-state index is 12.2. The van der Waals surface area contributed by atoms with Crippen LogP contribution in [0.2, 0.25) is 0 Å². The summed E-state index contributed by atoms with van der Waals surface area (Å²) >= 11 is 12.4. The van der Waals surface area contributed by atoms with Crippen molar-refractivity contribution in [2.24, 2.45) is 0 Å². The summed E-state index contributed by atoms with van der Waals surface area (Å²) in [5.74, 6) is 8.62. The SMILES string of the molecule is CC1=CP(=S)(C2(P3(=S)C=C(C)C(C)=C3)CCCC(=O)O2)C=C1C. The van der Waals surface area contributed by atoms with Crippen LogP contribution in [-0.4, -0.2) is 11.1 Å². The molecule has 0 atom stereocenters. The number of esters is 1. The largest absolute Gasteiger partial charge is 0.447 e. The Morgan fingerprint density at radius 1 is 0.913 bits per heavy atom. The highest BCUT2D eigenvalue weighted by atomic mass is 32.5. The van der Waals surface area contributed by atoms with Crippen molar-refractivity contribution in [1.82, 2.24) is 0 Å². The second-order valence-corrected chi connectivity index (χ2v) is 16.0. The minimum atomic E-state index is -2.17. The lowest BCUT2D eigenvalue weighted by Gasteiger charge is -2.46. The first-order chi connectivity index (χ1) is 10.6. The molecule has 6 heteroatoms. The van der Waals surface area contributed by atoms with Crippen LogP contribution < -0.4 is 0 Å². The van der Waals surface area contributed by atoms with Gasteiger partial charge in [-0.2, -0.15) is 0 Å². The molecule has 124 valence electrons. The molecule has 0 aliphatic carbocycles. The van der Waals surface area contributed by atoms with Crippen molar-refractivity contribution in [3.63, 3.8) is 0 Å². The zero-order valence-electron chi connectivity index (χ0n) is 14.0. The van der Waals surface area contributed by atoms with Gasteiger partial charge in [0.15, 0.2) is 5.08 Å². The summed E-state index contributed by atoms with van der Waals surface area (Å²) in [6.07, 6.45) is 2.08. The van der Waals surface area contributed by atoms with E-state index in [9.17, 15) is 4.79 Å². The number of allylic oxidation sites excluding steroid dienone is 4. The van der Waals surface area contributed by atoms with Gasteiger partial charge < -0.3 is 4.74 Å². The van der Waals surface area contributed by atoms with Gasteiger partial charge >= 0.3 is 5.97 Å². The van der Waals surface area contributed by atoms with Gasteiger partial charge in [-0.1, -0.05) is 23.6 Å². The van der Waals surface area contributed by atoms with Gasteiger partial charge in [0, 0.05) is 18.5 Å². The molecule has 0 amide bonds. The number of hydrogen-bond acceptors (Lipinski definition) is 4. The Hall–Kier alpha value is -0.270. The topological polar surface area (TPSA) is 26.3 Å². The highest BCUT2D eigenvalue weighted by molar-refractivity contribution is 8.29. The molecule has 3 aliphatic rings. The zero-order valence-corrected chi connectivity index (χ0v) is 17.4. The number of cyclic esters (lactones) is 1. The van der Waals surface area contributed by atoms with Gasteiger partial charge in [0.25, 0.3) is 0 Å². The van der Waals surface area contributed by atoms with E-state index in [1.807, 2.05) is 0 Å². The summed E-state index contributed by atoms with van der Waals surface area (Å²) < 4.78 is 6.11. The Morgan fingerprint density at radius 2 is 1.30 bits per heavy atom. The first kappa shape index (κ1) is 17.5. The molecule has 23 heavy (non-hydrogen) atoms. The third-order valence-corrected chi connectivity index (χ3v) is 16.8. The summed E-state index contributed by atoms with van der Waals surface area (Å²) in [7, 11) is 0. The minimum Gasteiger partial charge on any atom is -0.447 e. The van der Waals surface area contributed by atoms with Crippen LogP contribution in [0, 0.1) is 0 Å². The van der Waals surface area contributed by atoms with Crippen molar-refractivity contribution in [3.8, 4) is 0 Å². The Bertz CT molecular complexity index is 716. The summed E-state index contributed by atoms with van der Waals surface area (Å²) in [5, 5.41) is -0.696. The Kier molecular flexibility index (Phi) is 4.30. The van der Waals surface area contributed by atoms with Gasteiger partial charge in [-0.25, -0.2) is 0 Å². The van der Waals surface area contributed by atoms with E-state index in [1.54, 1.807) is 0 Å². The third-order valence-electron chi connectivity index (χ3n) is 5.04. The first-order valence-electron chi connectivity index (χ1n) is 7.82. The van der Waals surface area contributed by atoms with Gasteiger partial charge in [0.2, 0.25) is 0 Å². The van der Waals surface area contributed by atoms with Crippen LogP contribution in [0.3, 0.4) is 0 Å². The lowest BCUT2D eigenvalue weighted by molar-refractivity contribution is -0.151. The zero-order chi connectivity index (χ0) is 17.0. The molecule has 3 heterocycles. The monoisotopic (exact) mass is 384 g/mol. The van der Waals surface area contributed by atoms with Crippen LogP contribution in [0.25, 0.3) is 0 Å². The molecule has 1 saturated heterocycles. The fourth-order valence-electron chi connectivity index (χ4n) is 3.52. The van der Waals surface area contributed by atoms with Crippen molar-refractivity contribution in [2.75, 3.05) is 0 Å². The highest BCUT2D eigenvalue weighted by Crippen LogP contribution is 2.84. The van der Waals surface area contributed by atoms with Crippen LogP contribution >= 0.6 is 12.1 Å². The van der Waals surface area contributed by atoms with E-state index in [4.69, 9.17) is 28.4 Å². The van der Waals surface area contributed by atoms with Crippen molar-refractivity contribution in [3.05, 3.63) is 45.6 Å². The number of carbonyl (C=O) groups is 1. The summed E-state index contributed by atoms with van der Waals surface area (Å²) in [5.41, 5.74) is 4.82. The molecule has 0 aromatic carbocycles. The third kappa shape index (κ3) is 2.54. The summed E-state index contributed by atoms with van der Waals surface area (Å²) in [6.45, 7) is 8.35. The lowest BCUT2D eigenvalue weighted by Crippen LogP contribution is -2.36. The average molecular weight is 384 g/mol. The molecule has 3 rings (SSSR count). The number of hydrogen-bond donors (Lipinski definition) is 0. The molecule has 2 nitrogen and oxygen atoms in total. The van der Waals surface area contributed by atoms with Crippen LogP contribution in [-0.2, 0) is 33.1 Å². The van der Waals surface area contributed by atoms with Crippen LogP contribution in [0.1, 0.15) is 47.0 Å². The molecule has 0 radical (unpaired) electrons. The lowest BCUT2D eigenvalue weighted by atomic mass is 10.2. The van der Waals surface area contributed by atoms with E-state index in [0.29, 0.717) is 6.42 Å². The molecular weight excluding hydrogens is 362 g/mol. The average Bonchev–Trinajstić information content (AvgIpc) is 2.87. The van der Waals surface area contributed by atoms with Gasteiger partial charge in [0.1, 0.15) is 0 Å². The number of ether oxygens (including phenoxy) is 1. The molecule has 3 aliphatic heterocycles. The smallest absolute Gasteiger partial charge is 0.307 e. The van der Waals surface area contributed by atoms with Crippen molar-refractivity contribution < 1.29 is 9.53 Å². The highest BCUT2D eigenvalue weighted by Gasteiger charge is 2.57. The predicted molar refractivity (Wildman–Crippen MR) is 106 cm³/mol. The second-order valence-electron chi connectivity index (χ2n) is 6.74. The van der Waals surface area contributed by atoms with E-state index in [1.165, 1.54) is 22.3 Å². The van der Waals surface area contributed by atoms with Gasteiger partial charge in [0.05, 0.1) is 0 Å². The minimum absolute atomic E-state index is 0.141. The van der Waals surface area contributed by atoms with Gasteiger partial charge in [-0.05, 0) is 86.1 Å². The van der Waals surface area contributed by atoms with Crippen molar-refractivity contribution in [2.45, 2.75) is 52.0 Å². The fourth-order valence-corrected chi connectivity index (χ4v) is 17.3. The summed E-state index contributed by atoms with van der Waals surface area (Å²) in [4.78, 5) is 12.2. The van der Waals surface area contributed by atoms with Crippen LogP contribution in [0.15, 0.2) is 45.6 Å². The quantitative estimate of drug-likeness (QED) is 0.433. The van der Waals surface area contributed by atoms with E-state index >= 15 is 0 Å². The second kappa shape index (κ2) is 5.63. The summed E-state index contributed by atoms with van der Waals surface area (Å²) in [6, 6.07) is -4.34. The number of carbonyl (C=O) groups excluding carboxylic acids is 1. The van der Waals surface area contributed by atoms with E-state index in [-0.39, 0.29) is 5.97 Å². The molecule has 0 unspecified atom stereocenters. The predicted octanol–water partition coefficient (Wildman–Crippen LogP) is 5.97. The van der Waals surface area contributed by atoms with Gasteiger partial charge in [-0.3, -0.25) is 4.79 Å². The number of rotatable bonds is 2. The van der Waals surface area contributed by atoms with E-state index < -0.39 is 17.2 Å². The van der Waals surface area contributed by atoms with Crippen molar-refractivity contribution in [1.29, 1.82) is 0 Å².